The van der Waals surface area contributed by atoms with Gasteiger partial charge in [0.05, 0.1) is 7.11 Å². The molecule has 1 unspecified atom stereocenters. The summed E-state index contributed by atoms with van der Waals surface area (Å²) in [6.45, 7) is 1.08. The lowest BCUT2D eigenvalue weighted by Crippen LogP contribution is -2.48. The molecular weight excluding hydrogens is 328 g/mol. The molecule has 0 radical (unpaired) electrons. The van der Waals surface area contributed by atoms with Gasteiger partial charge in [-0.3, -0.25) is 4.79 Å². The Balaban J connectivity index is 3.24. The van der Waals surface area contributed by atoms with Gasteiger partial charge < -0.3 is 19.9 Å². The molecule has 1 aromatic carbocycles. The van der Waals surface area contributed by atoms with Crippen molar-refractivity contribution in [1.29, 1.82) is 0 Å². The molecule has 3 N–H and O–H groups in total. The molecule has 0 aromatic heterocycles. The summed E-state index contributed by atoms with van der Waals surface area (Å²) < 4.78 is 35.7. The summed E-state index contributed by atoms with van der Waals surface area (Å²) in [7, 11) is -0.220. The van der Waals surface area contributed by atoms with Gasteiger partial charge in [0.1, 0.15) is 10.6 Å². The zero-order chi connectivity index (χ0) is 17.8. The summed E-state index contributed by atoms with van der Waals surface area (Å²) in [6.07, 6.45) is 0. The number of ether oxygens (including phenoxy) is 2. The number of rotatable bonds is 7. The van der Waals surface area contributed by atoms with E-state index in [1.54, 1.807) is 0 Å². The number of benzene rings is 1. The number of carboxylic acids is 1. The molecule has 0 fully saturated rings. The molecule has 0 aliphatic rings. The van der Waals surface area contributed by atoms with Gasteiger partial charge in [0.15, 0.2) is 0 Å². The first-order valence-corrected chi connectivity index (χ1v) is 7.82. The SMILES string of the molecule is CNS(=O)(=O)c1cc(NC(=O)C(C)(OC)C(=O)O)ccc1OC. The van der Waals surface area contributed by atoms with Crippen LogP contribution in [0, 0.1) is 0 Å². The normalized spacial score (nSPS) is 13.9. The fourth-order valence-corrected chi connectivity index (χ4v) is 2.52. The van der Waals surface area contributed by atoms with Gasteiger partial charge >= 0.3 is 5.97 Å². The average molecular weight is 346 g/mol. The van der Waals surface area contributed by atoms with Gasteiger partial charge in [0.2, 0.25) is 15.6 Å². The Kier molecular flexibility index (Phi) is 5.70. The molecule has 0 heterocycles. The zero-order valence-corrected chi connectivity index (χ0v) is 13.9. The van der Waals surface area contributed by atoms with Crippen molar-refractivity contribution in [3.63, 3.8) is 0 Å². The predicted molar refractivity (Wildman–Crippen MR) is 80.9 cm³/mol. The van der Waals surface area contributed by atoms with E-state index in [-0.39, 0.29) is 16.3 Å². The van der Waals surface area contributed by atoms with Crippen LogP contribution in [0.25, 0.3) is 0 Å². The van der Waals surface area contributed by atoms with E-state index >= 15 is 0 Å². The molecule has 0 spiro atoms. The van der Waals surface area contributed by atoms with E-state index in [0.29, 0.717) is 0 Å². The smallest absolute Gasteiger partial charge is 0.345 e. The molecule has 23 heavy (non-hydrogen) atoms. The Bertz CT molecular complexity index is 717. The number of hydrogen-bond acceptors (Lipinski definition) is 6. The van der Waals surface area contributed by atoms with Gasteiger partial charge in [-0.05, 0) is 32.2 Å². The van der Waals surface area contributed by atoms with Crippen LogP contribution in [-0.4, -0.2) is 52.3 Å². The molecule has 9 nitrogen and oxygen atoms in total. The fraction of sp³-hybridized carbons (Fsp3) is 0.385. The number of anilines is 1. The van der Waals surface area contributed by atoms with Crippen LogP contribution in [0.1, 0.15) is 6.92 Å². The number of amides is 1. The summed E-state index contributed by atoms with van der Waals surface area (Å²) in [5.74, 6) is -2.36. The summed E-state index contributed by atoms with van der Waals surface area (Å²) in [5.41, 5.74) is -2.03. The van der Waals surface area contributed by atoms with Crippen LogP contribution in [0.2, 0.25) is 0 Å². The van der Waals surface area contributed by atoms with Crippen molar-refractivity contribution in [2.45, 2.75) is 17.4 Å². The van der Waals surface area contributed by atoms with Crippen molar-refractivity contribution >= 4 is 27.6 Å². The summed E-state index contributed by atoms with van der Waals surface area (Å²) in [6, 6.07) is 3.87. The second-order valence-corrected chi connectivity index (χ2v) is 6.42. The standard InChI is InChI=1S/C13H18N2O7S/c1-13(22-4,12(17)18)11(16)15-8-5-6-9(21-3)10(7-8)23(19,20)14-2/h5-7,14H,1-4H3,(H,15,16)(H,17,18). The molecule has 0 saturated carbocycles. The number of methoxy groups -OCH3 is 2. The Hall–Kier alpha value is -2.17. The third-order valence-corrected chi connectivity index (χ3v) is 4.66. The minimum absolute atomic E-state index is 0.0742. The highest BCUT2D eigenvalue weighted by Gasteiger charge is 2.41. The molecular formula is C13H18N2O7S. The summed E-state index contributed by atoms with van der Waals surface area (Å²) >= 11 is 0. The quantitative estimate of drug-likeness (QED) is 0.594. The van der Waals surface area contributed by atoms with Crippen LogP contribution >= 0.6 is 0 Å². The van der Waals surface area contributed by atoms with Crippen LogP contribution in [0.3, 0.4) is 0 Å². The van der Waals surface area contributed by atoms with E-state index in [1.165, 1.54) is 26.3 Å². The highest BCUT2D eigenvalue weighted by molar-refractivity contribution is 7.89. The highest BCUT2D eigenvalue weighted by atomic mass is 32.2. The lowest BCUT2D eigenvalue weighted by Gasteiger charge is -2.22. The van der Waals surface area contributed by atoms with E-state index in [9.17, 15) is 18.0 Å². The number of hydrogen-bond donors (Lipinski definition) is 3. The predicted octanol–water partition coefficient (Wildman–Crippen LogP) is 0.0315. The van der Waals surface area contributed by atoms with E-state index in [1.807, 2.05) is 0 Å². The molecule has 1 aromatic rings. The monoisotopic (exact) mass is 346 g/mol. The third-order valence-electron chi connectivity index (χ3n) is 3.23. The number of sulfonamides is 1. The van der Waals surface area contributed by atoms with E-state index in [2.05, 4.69) is 10.0 Å². The van der Waals surface area contributed by atoms with Gasteiger partial charge in [0, 0.05) is 12.8 Å². The topological polar surface area (TPSA) is 131 Å². The number of carbonyl (C=O) groups excluding carboxylic acids is 1. The molecule has 0 bridgehead atoms. The first-order chi connectivity index (χ1) is 10.6. The maximum Gasteiger partial charge on any atom is 0.345 e. The van der Waals surface area contributed by atoms with Gasteiger partial charge in [-0.25, -0.2) is 17.9 Å². The molecule has 0 aliphatic carbocycles. The Labute approximate surface area is 133 Å². The van der Waals surface area contributed by atoms with Crippen LogP contribution in [0.4, 0.5) is 5.69 Å². The van der Waals surface area contributed by atoms with Crippen LogP contribution in [0.15, 0.2) is 23.1 Å². The zero-order valence-electron chi connectivity index (χ0n) is 13.0. The minimum atomic E-state index is -3.83. The second kappa shape index (κ2) is 6.94. The van der Waals surface area contributed by atoms with E-state index in [0.717, 1.165) is 20.1 Å². The van der Waals surface area contributed by atoms with Gasteiger partial charge in [-0.1, -0.05) is 0 Å². The molecule has 1 atom stereocenters. The van der Waals surface area contributed by atoms with Gasteiger partial charge in [0.25, 0.3) is 5.91 Å². The van der Waals surface area contributed by atoms with Gasteiger partial charge in [-0.2, -0.15) is 0 Å². The number of carboxylic acid groups (broad SMARTS) is 1. The average Bonchev–Trinajstić information content (AvgIpc) is 2.53. The molecule has 1 amide bonds. The number of carbonyl (C=O) groups is 2. The number of nitrogens with one attached hydrogen (secondary N) is 2. The number of aliphatic carboxylic acids is 1. The van der Waals surface area contributed by atoms with Crippen LogP contribution in [0.5, 0.6) is 5.75 Å². The Morgan fingerprint density at radius 1 is 1.26 bits per heavy atom. The lowest BCUT2D eigenvalue weighted by molar-refractivity contribution is -0.165. The van der Waals surface area contributed by atoms with Crippen molar-refractivity contribution in [3.05, 3.63) is 18.2 Å². The molecule has 128 valence electrons. The Morgan fingerprint density at radius 2 is 1.87 bits per heavy atom. The Morgan fingerprint density at radius 3 is 2.30 bits per heavy atom. The third kappa shape index (κ3) is 3.78. The second-order valence-electron chi connectivity index (χ2n) is 4.57. The molecule has 0 saturated heterocycles. The molecule has 10 heteroatoms. The van der Waals surface area contributed by atoms with Crippen molar-refractivity contribution < 1.29 is 32.6 Å². The largest absolute Gasteiger partial charge is 0.495 e. The first kappa shape index (κ1) is 18.9. The van der Waals surface area contributed by atoms with Crippen molar-refractivity contribution in [3.8, 4) is 5.75 Å². The van der Waals surface area contributed by atoms with Crippen molar-refractivity contribution in [2.24, 2.45) is 0 Å². The van der Waals surface area contributed by atoms with E-state index < -0.39 is 27.5 Å². The van der Waals surface area contributed by atoms with Gasteiger partial charge in [-0.15, -0.1) is 0 Å². The molecule has 0 aliphatic heterocycles. The molecule has 1 rings (SSSR count). The maximum atomic E-state index is 12.1. The summed E-state index contributed by atoms with van der Waals surface area (Å²) in [5, 5.41) is 11.4. The highest BCUT2D eigenvalue weighted by Crippen LogP contribution is 2.27. The maximum absolute atomic E-state index is 12.1. The first-order valence-electron chi connectivity index (χ1n) is 6.34. The fourth-order valence-electron chi connectivity index (χ4n) is 1.60. The minimum Gasteiger partial charge on any atom is -0.495 e. The van der Waals surface area contributed by atoms with Crippen molar-refractivity contribution in [1.82, 2.24) is 4.72 Å². The summed E-state index contributed by atoms with van der Waals surface area (Å²) in [4.78, 5) is 23.0. The van der Waals surface area contributed by atoms with Crippen molar-refractivity contribution in [2.75, 3.05) is 26.6 Å². The van der Waals surface area contributed by atoms with Crippen LogP contribution < -0.4 is 14.8 Å². The van der Waals surface area contributed by atoms with Crippen LogP contribution in [-0.2, 0) is 24.3 Å². The van der Waals surface area contributed by atoms with E-state index in [4.69, 9.17) is 14.6 Å². The lowest BCUT2D eigenvalue weighted by atomic mass is 10.1.